The van der Waals surface area contributed by atoms with Gasteiger partial charge in [-0.15, -0.1) is 0 Å². The molecule has 6 nitrogen and oxygen atoms in total. The van der Waals surface area contributed by atoms with Gasteiger partial charge in [0.15, 0.2) is 5.11 Å². The van der Waals surface area contributed by atoms with E-state index in [9.17, 15) is 9.59 Å². The third-order valence-electron chi connectivity index (χ3n) is 4.21. The maximum atomic E-state index is 12.7. The van der Waals surface area contributed by atoms with Crippen LogP contribution in [0.4, 0.5) is 5.69 Å². The molecule has 0 radical (unpaired) electrons. The number of hydrogen-bond acceptors (Lipinski definition) is 4. The van der Waals surface area contributed by atoms with Gasteiger partial charge in [0.2, 0.25) is 0 Å². The Labute approximate surface area is 189 Å². The number of amides is 2. The SMILES string of the molecule is CC(C)CCOc1ccccc1C(=O)NC(=S)Nc1ccc(C(=O)NC(C)(C)C)cc1. The molecule has 0 bridgehead atoms. The fraction of sp³-hybridized carbons (Fsp3) is 0.375. The molecule has 3 N–H and O–H groups in total. The van der Waals surface area contributed by atoms with Crippen LogP contribution in [-0.4, -0.2) is 29.1 Å². The van der Waals surface area contributed by atoms with Gasteiger partial charge in [-0.1, -0.05) is 26.0 Å². The number of para-hydroxylation sites is 1. The van der Waals surface area contributed by atoms with Crippen molar-refractivity contribution in [3.05, 3.63) is 59.7 Å². The molecule has 0 heterocycles. The maximum absolute atomic E-state index is 12.7. The molecular weight excluding hydrogens is 410 g/mol. The molecule has 7 heteroatoms. The van der Waals surface area contributed by atoms with Gasteiger partial charge < -0.3 is 15.4 Å². The number of ether oxygens (including phenoxy) is 1. The summed E-state index contributed by atoms with van der Waals surface area (Å²) in [5, 5.41) is 8.71. The van der Waals surface area contributed by atoms with Crippen LogP contribution >= 0.6 is 12.2 Å². The van der Waals surface area contributed by atoms with Crippen molar-refractivity contribution in [2.24, 2.45) is 5.92 Å². The number of carbonyl (C=O) groups is 2. The van der Waals surface area contributed by atoms with Gasteiger partial charge in [-0.25, -0.2) is 0 Å². The molecule has 0 aliphatic carbocycles. The molecule has 2 aromatic rings. The Morgan fingerprint density at radius 1 is 1.00 bits per heavy atom. The number of thiocarbonyl (C=S) groups is 1. The Bertz CT molecular complexity index is 918. The summed E-state index contributed by atoms with van der Waals surface area (Å²) in [6.45, 7) is 10.6. The quantitative estimate of drug-likeness (QED) is 0.540. The molecule has 0 aliphatic rings. The highest BCUT2D eigenvalue weighted by molar-refractivity contribution is 7.80. The van der Waals surface area contributed by atoms with E-state index in [0.717, 1.165) is 6.42 Å². The number of anilines is 1. The van der Waals surface area contributed by atoms with Crippen molar-refractivity contribution in [3.8, 4) is 5.75 Å². The highest BCUT2D eigenvalue weighted by Gasteiger charge is 2.16. The molecule has 166 valence electrons. The topological polar surface area (TPSA) is 79.5 Å². The summed E-state index contributed by atoms with van der Waals surface area (Å²) in [7, 11) is 0. The lowest BCUT2D eigenvalue weighted by Crippen LogP contribution is -2.40. The summed E-state index contributed by atoms with van der Waals surface area (Å²) >= 11 is 5.27. The lowest BCUT2D eigenvalue weighted by atomic mass is 10.1. The predicted molar refractivity (Wildman–Crippen MR) is 129 cm³/mol. The zero-order chi connectivity index (χ0) is 23.0. The van der Waals surface area contributed by atoms with Gasteiger partial charge in [0.05, 0.1) is 12.2 Å². The highest BCUT2D eigenvalue weighted by Crippen LogP contribution is 2.19. The fourth-order valence-electron chi connectivity index (χ4n) is 2.64. The molecule has 0 spiro atoms. The Morgan fingerprint density at radius 2 is 1.65 bits per heavy atom. The molecule has 0 saturated carbocycles. The molecule has 0 atom stereocenters. The summed E-state index contributed by atoms with van der Waals surface area (Å²) in [5.74, 6) is 0.546. The summed E-state index contributed by atoms with van der Waals surface area (Å²) in [6.07, 6.45) is 0.902. The second-order valence-corrected chi connectivity index (χ2v) is 9.13. The minimum atomic E-state index is -0.348. The maximum Gasteiger partial charge on any atom is 0.261 e. The van der Waals surface area contributed by atoms with Crippen molar-refractivity contribution < 1.29 is 14.3 Å². The Kier molecular flexibility index (Phi) is 8.56. The minimum absolute atomic E-state index is 0.149. The number of benzene rings is 2. The zero-order valence-corrected chi connectivity index (χ0v) is 19.6. The predicted octanol–water partition coefficient (Wildman–Crippen LogP) is 4.77. The lowest BCUT2D eigenvalue weighted by molar-refractivity contribution is 0.0918. The molecule has 0 aliphatic heterocycles. The van der Waals surface area contributed by atoms with Crippen LogP contribution < -0.4 is 20.7 Å². The number of hydrogen-bond donors (Lipinski definition) is 3. The molecule has 0 aromatic heterocycles. The van der Waals surface area contributed by atoms with Gasteiger partial charge in [-0.2, -0.15) is 0 Å². The standard InChI is InChI=1S/C24H31N3O3S/c1-16(2)14-15-30-20-9-7-6-8-19(20)22(29)26-23(31)25-18-12-10-17(11-13-18)21(28)27-24(3,4)5/h6-13,16H,14-15H2,1-5H3,(H,27,28)(H2,25,26,29,31). The third-order valence-corrected chi connectivity index (χ3v) is 4.41. The first-order chi connectivity index (χ1) is 14.5. The van der Waals surface area contributed by atoms with Crippen molar-refractivity contribution in [1.82, 2.24) is 10.6 Å². The average Bonchev–Trinajstić information content (AvgIpc) is 2.67. The minimum Gasteiger partial charge on any atom is -0.493 e. The molecule has 0 saturated heterocycles. The van der Waals surface area contributed by atoms with Crippen LogP contribution in [0, 0.1) is 5.92 Å². The van der Waals surface area contributed by atoms with E-state index >= 15 is 0 Å². The number of rotatable bonds is 7. The highest BCUT2D eigenvalue weighted by atomic mass is 32.1. The Balaban J connectivity index is 1.95. The van der Waals surface area contributed by atoms with Gasteiger partial charge in [0.1, 0.15) is 5.75 Å². The summed E-state index contributed by atoms with van der Waals surface area (Å²) in [5.41, 5.74) is 1.32. The lowest BCUT2D eigenvalue weighted by Gasteiger charge is -2.20. The van der Waals surface area contributed by atoms with Gasteiger partial charge in [-0.05, 0) is 81.7 Å². The normalized spacial score (nSPS) is 11.0. The molecule has 31 heavy (non-hydrogen) atoms. The molecule has 0 fully saturated rings. The monoisotopic (exact) mass is 441 g/mol. The third kappa shape index (κ3) is 8.38. The smallest absolute Gasteiger partial charge is 0.261 e. The molecule has 0 unspecified atom stereocenters. The van der Waals surface area contributed by atoms with Gasteiger partial charge in [0.25, 0.3) is 11.8 Å². The molecular formula is C24H31N3O3S. The first kappa shape index (κ1) is 24.3. The van der Waals surface area contributed by atoms with Gasteiger partial charge in [-0.3, -0.25) is 14.9 Å². The van der Waals surface area contributed by atoms with Crippen molar-refractivity contribution in [1.29, 1.82) is 0 Å². The van der Waals surface area contributed by atoms with Gasteiger partial charge >= 0.3 is 0 Å². The van der Waals surface area contributed by atoms with Crippen LogP contribution in [0.1, 0.15) is 61.8 Å². The second kappa shape index (κ2) is 10.9. The molecule has 2 amide bonds. The first-order valence-electron chi connectivity index (χ1n) is 10.3. The first-order valence-corrected chi connectivity index (χ1v) is 10.7. The summed E-state index contributed by atoms with van der Waals surface area (Å²) < 4.78 is 5.78. The van der Waals surface area contributed by atoms with E-state index in [2.05, 4.69) is 29.8 Å². The second-order valence-electron chi connectivity index (χ2n) is 8.72. The van der Waals surface area contributed by atoms with Crippen LogP contribution in [0.15, 0.2) is 48.5 Å². The Morgan fingerprint density at radius 3 is 2.26 bits per heavy atom. The fourth-order valence-corrected chi connectivity index (χ4v) is 2.85. The van der Waals surface area contributed by atoms with E-state index in [0.29, 0.717) is 35.1 Å². The van der Waals surface area contributed by atoms with Crippen LogP contribution in [0.5, 0.6) is 5.75 Å². The van der Waals surface area contributed by atoms with Gasteiger partial charge in [0, 0.05) is 16.8 Å². The van der Waals surface area contributed by atoms with Crippen LogP contribution in [0.3, 0.4) is 0 Å². The molecule has 2 aromatic carbocycles. The van der Waals surface area contributed by atoms with E-state index in [-0.39, 0.29) is 22.5 Å². The van der Waals surface area contributed by atoms with Crippen LogP contribution in [0.25, 0.3) is 0 Å². The Hall–Kier alpha value is -2.93. The number of nitrogens with one attached hydrogen (secondary N) is 3. The summed E-state index contributed by atoms with van der Waals surface area (Å²) in [6, 6.07) is 13.9. The van der Waals surface area contributed by atoms with Crippen molar-refractivity contribution in [3.63, 3.8) is 0 Å². The van der Waals surface area contributed by atoms with Crippen LogP contribution in [-0.2, 0) is 0 Å². The largest absolute Gasteiger partial charge is 0.493 e. The summed E-state index contributed by atoms with van der Waals surface area (Å²) in [4.78, 5) is 24.9. The number of carbonyl (C=O) groups excluding carboxylic acids is 2. The van der Waals surface area contributed by atoms with E-state index in [4.69, 9.17) is 17.0 Å². The zero-order valence-electron chi connectivity index (χ0n) is 18.7. The van der Waals surface area contributed by atoms with Crippen molar-refractivity contribution in [2.45, 2.75) is 46.6 Å². The van der Waals surface area contributed by atoms with E-state index < -0.39 is 0 Å². The van der Waals surface area contributed by atoms with E-state index in [1.165, 1.54) is 0 Å². The van der Waals surface area contributed by atoms with Crippen molar-refractivity contribution in [2.75, 3.05) is 11.9 Å². The average molecular weight is 442 g/mol. The van der Waals surface area contributed by atoms with Crippen molar-refractivity contribution >= 4 is 34.8 Å². The van der Waals surface area contributed by atoms with E-state index in [1.807, 2.05) is 26.8 Å². The molecule has 2 rings (SSSR count). The van der Waals surface area contributed by atoms with E-state index in [1.54, 1.807) is 42.5 Å². The van der Waals surface area contributed by atoms with Crippen LogP contribution in [0.2, 0.25) is 0 Å².